The molecule has 4 aromatic rings. The Bertz CT molecular complexity index is 1290. The number of carbonyl (C=O) groups excluding carboxylic acids is 2. The molecule has 0 unspecified atom stereocenters. The van der Waals surface area contributed by atoms with Crippen molar-refractivity contribution in [2.45, 2.75) is 26.9 Å². The number of fused-ring (bicyclic) bond motifs is 1. The van der Waals surface area contributed by atoms with E-state index in [-0.39, 0.29) is 17.9 Å². The predicted molar refractivity (Wildman–Crippen MR) is 138 cm³/mol. The van der Waals surface area contributed by atoms with Gasteiger partial charge in [-0.1, -0.05) is 36.4 Å². The zero-order valence-electron chi connectivity index (χ0n) is 19.6. The van der Waals surface area contributed by atoms with Crippen LogP contribution >= 0.6 is 0 Å². The Hall–Kier alpha value is -4.12. The molecule has 0 radical (unpaired) electrons. The van der Waals surface area contributed by atoms with Crippen molar-refractivity contribution in [1.82, 2.24) is 0 Å². The van der Waals surface area contributed by atoms with Crippen LogP contribution < -0.4 is 15.0 Å². The highest BCUT2D eigenvalue weighted by Crippen LogP contribution is 2.28. The second kappa shape index (κ2) is 10.2. The molecule has 0 aliphatic carbocycles. The minimum Gasteiger partial charge on any atom is -0.491 e. The molecule has 0 spiro atoms. The fourth-order valence-corrected chi connectivity index (χ4v) is 3.88. The summed E-state index contributed by atoms with van der Waals surface area (Å²) in [5.74, 6) is 0.416. The Morgan fingerprint density at radius 1 is 0.824 bits per heavy atom. The normalized spacial score (nSPS) is 10.8. The van der Waals surface area contributed by atoms with Crippen LogP contribution in [0.25, 0.3) is 10.8 Å². The van der Waals surface area contributed by atoms with Gasteiger partial charge in [-0.15, -0.1) is 0 Å². The summed E-state index contributed by atoms with van der Waals surface area (Å²) >= 11 is 0. The SMILES string of the molecule is CCN(C(=O)c1ccc(NC(=O)c2ccc(OC(C)C)cc2)cc1)c1cccc2ccccc12. The van der Waals surface area contributed by atoms with Gasteiger partial charge in [0.1, 0.15) is 5.75 Å². The summed E-state index contributed by atoms with van der Waals surface area (Å²) in [6, 6.07) is 28.0. The molecule has 4 aromatic carbocycles. The van der Waals surface area contributed by atoms with E-state index in [0.717, 1.165) is 22.2 Å². The topological polar surface area (TPSA) is 58.6 Å². The lowest BCUT2D eigenvalue weighted by atomic mass is 10.1. The summed E-state index contributed by atoms with van der Waals surface area (Å²) < 4.78 is 5.62. The molecule has 34 heavy (non-hydrogen) atoms. The van der Waals surface area contributed by atoms with Gasteiger partial charge in [0.25, 0.3) is 11.8 Å². The average molecular weight is 453 g/mol. The molecule has 2 amide bonds. The number of anilines is 2. The van der Waals surface area contributed by atoms with Crippen LogP contribution in [0.4, 0.5) is 11.4 Å². The highest BCUT2D eigenvalue weighted by atomic mass is 16.5. The molecule has 4 rings (SSSR count). The fourth-order valence-electron chi connectivity index (χ4n) is 3.88. The van der Waals surface area contributed by atoms with Crippen molar-refractivity contribution in [3.8, 4) is 5.75 Å². The van der Waals surface area contributed by atoms with Crippen LogP contribution in [0.1, 0.15) is 41.5 Å². The van der Waals surface area contributed by atoms with Crippen molar-refractivity contribution in [2.75, 3.05) is 16.8 Å². The van der Waals surface area contributed by atoms with Gasteiger partial charge in [0.2, 0.25) is 0 Å². The molecular weight excluding hydrogens is 424 g/mol. The Morgan fingerprint density at radius 2 is 1.47 bits per heavy atom. The number of carbonyl (C=O) groups is 2. The van der Waals surface area contributed by atoms with Gasteiger partial charge in [0.05, 0.1) is 11.8 Å². The molecule has 0 saturated heterocycles. The van der Waals surface area contributed by atoms with Gasteiger partial charge < -0.3 is 15.0 Å². The van der Waals surface area contributed by atoms with Crippen LogP contribution in [0.5, 0.6) is 5.75 Å². The Labute approximate surface area is 200 Å². The second-order valence-electron chi connectivity index (χ2n) is 8.27. The first kappa shape index (κ1) is 23.1. The quantitative estimate of drug-likeness (QED) is 0.346. The number of hydrogen-bond acceptors (Lipinski definition) is 3. The lowest BCUT2D eigenvalue weighted by Gasteiger charge is -2.23. The van der Waals surface area contributed by atoms with Crippen LogP contribution in [0.3, 0.4) is 0 Å². The number of hydrogen-bond donors (Lipinski definition) is 1. The molecule has 5 nitrogen and oxygen atoms in total. The molecule has 0 saturated carbocycles. The predicted octanol–water partition coefficient (Wildman–Crippen LogP) is 6.55. The van der Waals surface area contributed by atoms with Crippen LogP contribution in [-0.4, -0.2) is 24.5 Å². The van der Waals surface area contributed by atoms with Gasteiger partial charge in [-0.05, 0) is 80.8 Å². The maximum absolute atomic E-state index is 13.3. The van der Waals surface area contributed by atoms with Gasteiger partial charge in [-0.3, -0.25) is 9.59 Å². The number of ether oxygens (including phenoxy) is 1. The van der Waals surface area contributed by atoms with E-state index in [0.29, 0.717) is 23.4 Å². The van der Waals surface area contributed by atoms with Gasteiger partial charge >= 0.3 is 0 Å². The molecule has 0 aliphatic heterocycles. The number of nitrogens with zero attached hydrogens (tertiary/aromatic N) is 1. The lowest BCUT2D eigenvalue weighted by molar-refractivity contribution is 0.0987. The van der Waals surface area contributed by atoms with Crippen molar-refractivity contribution in [1.29, 1.82) is 0 Å². The highest BCUT2D eigenvalue weighted by Gasteiger charge is 2.18. The van der Waals surface area contributed by atoms with E-state index in [1.807, 2.05) is 63.2 Å². The minimum atomic E-state index is -0.221. The number of rotatable bonds is 7. The summed E-state index contributed by atoms with van der Waals surface area (Å²) in [6.07, 6.45) is 0.0742. The Morgan fingerprint density at radius 3 is 2.15 bits per heavy atom. The zero-order valence-corrected chi connectivity index (χ0v) is 19.6. The fraction of sp³-hybridized carbons (Fsp3) is 0.172. The molecule has 172 valence electrons. The van der Waals surface area contributed by atoms with E-state index < -0.39 is 0 Å². The maximum Gasteiger partial charge on any atom is 0.258 e. The summed E-state index contributed by atoms with van der Waals surface area (Å²) in [5, 5.41) is 5.01. The second-order valence-corrected chi connectivity index (χ2v) is 8.27. The van der Waals surface area contributed by atoms with E-state index >= 15 is 0 Å². The van der Waals surface area contributed by atoms with Gasteiger partial charge in [0, 0.05) is 28.7 Å². The Kier molecular flexibility index (Phi) is 6.93. The maximum atomic E-state index is 13.3. The van der Waals surface area contributed by atoms with E-state index in [4.69, 9.17) is 4.74 Å². The van der Waals surface area contributed by atoms with Crippen LogP contribution in [0.15, 0.2) is 91.0 Å². The van der Waals surface area contributed by atoms with Crippen molar-refractivity contribution < 1.29 is 14.3 Å². The summed E-state index contributed by atoms with van der Waals surface area (Å²) in [4.78, 5) is 27.7. The first-order chi connectivity index (χ1) is 16.5. The Balaban J connectivity index is 1.48. The smallest absolute Gasteiger partial charge is 0.258 e. The number of amides is 2. The molecular formula is C29H28N2O3. The van der Waals surface area contributed by atoms with E-state index in [1.165, 1.54) is 0 Å². The van der Waals surface area contributed by atoms with E-state index in [2.05, 4.69) is 5.32 Å². The third-order valence-corrected chi connectivity index (χ3v) is 5.50. The van der Waals surface area contributed by atoms with E-state index in [1.54, 1.807) is 53.4 Å². The third kappa shape index (κ3) is 5.09. The summed E-state index contributed by atoms with van der Waals surface area (Å²) in [5.41, 5.74) is 2.59. The molecule has 0 bridgehead atoms. The molecule has 0 heterocycles. The number of benzene rings is 4. The molecule has 0 aliphatic rings. The van der Waals surface area contributed by atoms with Gasteiger partial charge in [-0.25, -0.2) is 0 Å². The van der Waals surface area contributed by atoms with Gasteiger partial charge in [-0.2, -0.15) is 0 Å². The van der Waals surface area contributed by atoms with Crippen molar-refractivity contribution in [2.24, 2.45) is 0 Å². The zero-order chi connectivity index (χ0) is 24.1. The monoisotopic (exact) mass is 452 g/mol. The summed E-state index contributed by atoms with van der Waals surface area (Å²) in [6.45, 7) is 6.42. The molecule has 5 heteroatoms. The van der Waals surface area contributed by atoms with Crippen molar-refractivity contribution in [3.63, 3.8) is 0 Å². The van der Waals surface area contributed by atoms with Crippen LogP contribution in [0, 0.1) is 0 Å². The summed E-state index contributed by atoms with van der Waals surface area (Å²) in [7, 11) is 0. The minimum absolute atomic E-state index is 0.0742. The van der Waals surface area contributed by atoms with Crippen LogP contribution in [0.2, 0.25) is 0 Å². The van der Waals surface area contributed by atoms with Crippen molar-refractivity contribution >= 4 is 34.0 Å². The molecule has 0 aromatic heterocycles. The first-order valence-electron chi connectivity index (χ1n) is 11.4. The average Bonchev–Trinajstić information content (AvgIpc) is 2.85. The lowest BCUT2D eigenvalue weighted by Crippen LogP contribution is -2.30. The number of nitrogens with one attached hydrogen (secondary N) is 1. The first-order valence-corrected chi connectivity index (χ1v) is 11.4. The molecule has 0 fully saturated rings. The third-order valence-electron chi connectivity index (χ3n) is 5.50. The van der Waals surface area contributed by atoms with Gasteiger partial charge in [0.15, 0.2) is 0 Å². The molecule has 0 atom stereocenters. The largest absolute Gasteiger partial charge is 0.491 e. The van der Waals surface area contributed by atoms with Crippen LogP contribution in [-0.2, 0) is 0 Å². The van der Waals surface area contributed by atoms with E-state index in [9.17, 15) is 9.59 Å². The van der Waals surface area contributed by atoms with Crippen molar-refractivity contribution in [3.05, 3.63) is 102 Å². The standard InChI is InChI=1S/C29H28N2O3/c1-4-31(27-11-7-9-21-8-5-6-10-26(21)27)29(33)23-12-16-24(17-13-23)30-28(32)22-14-18-25(19-15-22)34-20(2)3/h5-20H,4H2,1-3H3,(H,30,32). The molecule has 1 N–H and O–H groups in total. The highest BCUT2D eigenvalue weighted by molar-refractivity contribution is 6.11.